The molecule has 9 aliphatic carbocycles. The molecule has 2 aromatic rings. The van der Waals surface area contributed by atoms with Crippen LogP contribution in [-0.4, -0.2) is 4.90 Å². The Morgan fingerprint density at radius 3 is 2.58 bits per heavy atom. The second kappa shape index (κ2) is 11.2. The van der Waals surface area contributed by atoms with Gasteiger partial charge in [0.05, 0.1) is 5.41 Å². The molecule has 9 aliphatic rings. The van der Waals surface area contributed by atoms with Crippen molar-refractivity contribution in [1.29, 1.82) is 0 Å². The summed E-state index contributed by atoms with van der Waals surface area (Å²) >= 11 is 0. The lowest BCUT2D eigenvalue weighted by molar-refractivity contribution is 0.380. The highest BCUT2D eigenvalue weighted by molar-refractivity contribution is 6.06. The molecule has 1 spiro atoms. The summed E-state index contributed by atoms with van der Waals surface area (Å²) in [4.78, 5) is 2.58. The van der Waals surface area contributed by atoms with Gasteiger partial charge < -0.3 is 4.90 Å². The molecule has 0 aliphatic heterocycles. The topological polar surface area (TPSA) is 3.24 Å². The molecule has 0 saturated carbocycles. The Bertz CT molecular complexity index is 2190. The Morgan fingerprint density at radius 1 is 0.680 bits per heavy atom. The quantitative estimate of drug-likeness (QED) is 0.299. The SMILES string of the molecule is C1=CC(N(C2=CCC=C(C3=CC4C=CCCC4CCC3)C=C2)C2=CC3C(C=C2)c2cccc4c2C32C3=C(CCC=C34)c3ccccc32)=CCC1. The van der Waals surface area contributed by atoms with Crippen molar-refractivity contribution in [3.63, 3.8) is 0 Å². The van der Waals surface area contributed by atoms with Gasteiger partial charge in [-0.1, -0.05) is 109 Å². The van der Waals surface area contributed by atoms with Crippen LogP contribution in [0.15, 0.2) is 161 Å². The van der Waals surface area contributed by atoms with Crippen molar-refractivity contribution in [1.82, 2.24) is 4.90 Å². The fourth-order valence-electron chi connectivity index (χ4n) is 11.5. The monoisotopic (exact) mass is 647 g/mol. The van der Waals surface area contributed by atoms with Crippen molar-refractivity contribution < 1.29 is 0 Å². The molecule has 0 heterocycles. The van der Waals surface area contributed by atoms with Gasteiger partial charge in [0.2, 0.25) is 0 Å². The van der Waals surface area contributed by atoms with Gasteiger partial charge in [-0.3, -0.25) is 0 Å². The minimum atomic E-state index is -0.104. The van der Waals surface area contributed by atoms with Crippen LogP contribution in [0.4, 0.5) is 0 Å². The van der Waals surface area contributed by atoms with Crippen molar-refractivity contribution in [3.05, 3.63) is 189 Å². The van der Waals surface area contributed by atoms with E-state index in [2.05, 4.69) is 132 Å². The lowest BCUT2D eigenvalue weighted by Crippen LogP contribution is -2.33. The fraction of sp³-hybridized carbons (Fsp3) is 0.306. The first-order chi connectivity index (χ1) is 24.8. The largest absolute Gasteiger partial charge is 0.311 e. The highest BCUT2D eigenvalue weighted by Gasteiger charge is 2.63. The summed E-state index contributed by atoms with van der Waals surface area (Å²) in [7, 11) is 0. The summed E-state index contributed by atoms with van der Waals surface area (Å²) in [5.41, 5.74) is 19.2. The maximum Gasteiger partial charge on any atom is 0.0547 e. The molecule has 1 nitrogen and oxygen atoms in total. The van der Waals surface area contributed by atoms with E-state index in [1.54, 1.807) is 27.8 Å². The second-order valence-electron chi connectivity index (χ2n) is 15.9. The smallest absolute Gasteiger partial charge is 0.0547 e. The highest BCUT2D eigenvalue weighted by Crippen LogP contribution is 2.72. The third-order valence-electron chi connectivity index (χ3n) is 13.5. The molecule has 0 saturated heterocycles. The lowest BCUT2D eigenvalue weighted by Gasteiger charge is -2.38. The minimum absolute atomic E-state index is 0.104. The zero-order valence-electron chi connectivity index (χ0n) is 29.0. The molecule has 0 bridgehead atoms. The van der Waals surface area contributed by atoms with E-state index in [1.165, 1.54) is 77.0 Å². The Kier molecular flexibility index (Phi) is 6.52. The average molecular weight is 648 g/mol. The van der Waals surface area contributed by atoms with Gasteiger partial charge in [-0.2, -0.15) is 0 Å². The Labute approximate surface area is 297 Å². The van der Waals surface area contributed by atoms with Crippen molar-refractivity contribution in [3.8, 4) is 0 Å². The molecular weight excluding hydrogens is 603 g/mol. The number of nitrogens with zero attached hydrogens (tertiary/aromatic N) is 1. The van der Waals surface area contributed by atoms with E-state index in [-0.39, 0.29) is 5.41 Å². The molecule has 50 heavy (non-hydrogen) atoms. The Balaban J connectivity index is 1.02. The van der Waals surface area contributed by atoms with Crippen molar-refractivity contribution in [2.45, 2.75) is 75.5 Å². The summed E-state index contributed by atoms with van der Waals surface area (Å²) < 4.78 is 0. The van der Waals surface area contributed by atoms with Crippen molar-refractivity contribution >= 4 is 11.1 Å². The average Bonchev–Trinajstić information content (AvgIpc) is 3.56. The molecule has 2 aromatic carbocycles. The van der Waals surface area contributed by atoms with Crippen LogP contribution in [0.1, 0.15) is 97.9 Å². The first-order valence-corrected chi connectivity index (χ1v) is 19.5. The van der Waals surface area contributed by atoms with E-state index in [4.69, 9.17) is 0 Å². The number of rotatable bonds is 4. The molecule has 5 unspecified atom stereocenters. The Morgan fingerprint density at radius 2 is 1.62 bits per heavy atom. The summed E-state index contributed by atoms with van der Waals surface area (Å²) in [5, 5.41) is 0. The third kappa shape index (κ3) is 4.01. The molecule has 11 rings (SSSR count). The third-order valence-corrected chi connectivity index (χ3v) is 13.5. The van der Waals surface area contributed by atoms with Crippen LogP contribution in [0.3, 0.4) is 0 Å². The highest BCUT2D eigenvalue weighted by atomic mass is 15.2. The second-order valence-corrected chi connectivity index (χ2v) is 15.9. The van der Waals surface area contributed by atoms with Crippen molar-refractivity contribution in [2.24, 2.45) is 17.8 Å². The first kappa shape index (κ1) is 29.1. The molecule has 0 fully saturated rings. The maximum atomic E-state index is 2.69. The molecule has 5 atom stereocenters. The molecule has 1 heteroatoms. The summed E-state index contributed by atoms with van der Waals surface area (Å²) in [5.74, 6) is 2.14. The Hall–Kier alpha value is -4.62. The van der Waals surface area contributed by atoms with Crippen LogP contribution in [0.2, 0.25) is 0 Å². The number of hydrogen-bond acceptors (Lipinski definition) is 1. The van der Waals surface area contributed by atoms with E-state index >= 15 is 0 Å². The van der Waals surface area contributed by atoms with E-state index < -0.39 is 0 Å². The zero-order chi connectivity index (χ0) is 32.8. The van der Waals surface area contributed by atoms with Crippen LogP contribution < -0.4 is 0 Å². The van der Waals surface area contributed by atoms with E-state index in [9.17, 15) is 0 Å². The van der Waals surface area contributed by atoms with E-state index in [0.717, 1.165) is 38.0 Å². The minimum Gasteiger partial charge on any atom is -0.311 e. The normalized spacial score (nSPS) is 30.8. The molecule has 0 amide bonds. The van der Waals surface area contributed by atoms with Crippen LogP contribution in [-0.2, 0) is 5.41 Å². The van der Waals surface area contributed by atoms with Gasteiger partial charge in [0.25, 0.3) is 0 Å². The molecule has 0 N–H and O–H groups in total. The van der Waals surface area contributed by atoms with E-state index in [1.807, 2.05) is 0 Å². The van der Waals surface area contributed by atoms with Gasteiger partial charge in [0, 0.05) is 28.9 Å². The molecule has 0 aromatic heterocycles. The fourth-order valence-corrected chi connectivity index (χ4v) is 11.5. The van der Waals surface area contributed by atoms with Crippen LogP contribution in [0.25, 0.3) is 11.1 Å². The predicted molar refractivity (Wildman–Crippen MR) is 207 cm³/mol. The van der Waals surface area contributed by atoms with Gasteiger partial charge in [-0.05, 0) is 150 Å². The van der Waals surface area contributed by atoms with E-state index in [0.29, 0.717) is 17.8 Å². The standard InChI is InChI=1S/C49H45N/c1-2-17-36(18-3-1)50(37-19-9-15-33(26-27-37)35-16-8-14-32-12-4-5-13-34(32)30-35)38-28-29-40-42-22-11-24-44-43-23-10-21-41-39-20-6-7-25-45(39)49(47(41)43,48(42)44)46(40)31-38/h2,5-7,11,13,15,17-20,22-32,34,40,46H,1,3-4,8-10,12,14,16,21H2. The number of benzene rings is 2. The van der Waals surface area contributed by atoms with Crippen LogP contribution >= 0.6 is 0 Å². The van der Waals surface area contributed by atoms with Gasteiger partial charge >= 0.3 is 0 Å². The van der Waals surface area contributed by atoms with Crippen LogP contribution in [0.5, 0.6) is 0 Å². The van der Waals surface area contributed by atoms with Crippen LogP contribution in [0, 0.1) is 17.8 Å². The van der Waals surface area contributed by atoms with Gasteiger partial charge in [0.15, 0.2) is 0 Å². The molecule has 0 radical (unpaired) electrons. The maximum absolute atomic E-state index is 2.69. The number of allylic oxidation sites excluding steroid dienone is 19. The predicted octanol–water partition coefficient (Wildman–Crippen LogP) is 12.1. The molecular formula is C49H45N. The van der Waals surface area contributed by atoms with Gasteiger partial charge in [0.1, 0.15) is 0 Å². The number of fused-ring (bicyclic) bond motifs is 6. The summed E-state index contributed by atoms with van der Waals surface area (Å²) in [6.07, 6.45) is 46.7. The first-order valence-electron chi connectivity index (χ1n) is 19.5. The number of hydrogen-bond donors (Lipinski definition) is 0. The summed E-state index contributed by atoms with van der Waals surface area (Å²) in [6.45, 7) is 0. The summed E-state index contributed by atoms with van der Waals surface area (Å²) in [6, 6.07) is 16.6. The van der Waals surface area contributed by atoms with Gasteiger partial charge in [-0.15, -0.1) is 0 Å². The van der Waals surface area contributed by atoms with Gasteiger partial charge in [-0.25, -0.2) is 0 Å². The lowest BCUT2D eigenvalue weighted by atomic mass is 9.66. The van der Waals surface area contributed by atoms with Crippen molar-refractivity contribution in [2.75, 3.05) is 0 Å². The molecule has 246 valence electrons. The zero-order valence-corrected chi connectivity index (χ0v) is 29.0.